The van der Waals surface area contributed by atoms with Crippen molar-refractivity contribution in [3.05, 3.63) is 29.8 Å². The molecule has 0 spiro atoms. The van der Waals surface area contributed by atoms with E-state index in [4.69, 9.17) is 5.73 Å². The Morgan fingerprint density at radius 2 is 1.95 bits per heavy atom. The molecule has 1 aromatic carbocycles. The molecule has 1 aliphatic heterocycles. The van der Waals surface area contributed by atoms with E-state index in [1.165, 1.54) is 4.31 Å². The fourth-order valence-electron chi connectivity index (χ4n) is 2.82. The summed E-state index contributed by atoms with van der Waals surface area (Å²) in [7, 11) is -3.46. The summed E-state index contributed by atoms with van der Waals surface area (Å²) in [5, 5.41) is 0. The zero-order valence-corrected chi connectivity index (χ0v) is 13.6. The van der Waals surface area contributed by atoms with E-state index in [0.717, 1.165) is 24.8 Å². The van der Waals surface area contributed by atoms with Crippen LogP contribution in [0.5, 0.6) is 0 Å². The number of hydrogen-bond donors (Lipinski definition) is 1. The molecule has 1 atom stereocenters. The summed E-state index contributed by atoms with van der Waals surface area (Å²) >= 11 is 0. The monoisotopic (exact) mass is 311 g/mol. The first-order chi connectivity index (χ1) is 10.0. The third-order valence-electron chi connectivity index (χ3n) is 4.06. The standard InChI is InChI=1S/C15H25N3O2S/c1-3-17(15-9-7-14(12-16)8-10-15)21(19,20)18-11-5-4-6-13(18)2/h7-10,13H,3-6,11-12,16H2,1-2H3. The van der Waals surface area contributed by atoms with E-state index in [1.54, 1.807) is 4.31 Å². The molecule has 0 aromatic heterocycles. The largest absolute Gasteiger partial charge is 0.326 e. The average molecular weight is 311 g/mol. The predicted molar refractivity (Wildman–Crippen MR) is 86.3 cm³/mol. The Morgan fingerprint density at radius 1 is 1.29 bits per heavy atom. The third kappa shape index (κ3) is 3.39. The van der Waals surface area contributed by atoms with Crippen molar-refractivity contribution < 1.29 is 8.42 Å². The topological polar surface area (TPSA) is 66.6 Å². The van der Waals surface area contributed by atoms with Crippen LogP contribution in [-0.2, 0) is 16.8 Å². The van der Waals surface area contributed by atoms with Crippen LogP contribution < -0.4 is 10.0 Å². The maximum atomic E-state index is 12.9. The van der Waals surface area contributed by atoms with Gasteiger partial charge in [-0.25, -0.2) is 0 Å². The first-order valence-electron chi connectivity index (χ1n) is 7.59. The molecule has 2 rings (SSSR count). The molecule has 1 heterocycles. The molecule has 1 unspecified atom stereocenters. The van der Waals surface area contributed by atoms with Crippen LogP contribution in [0.3, 0.4) is 0 Å². The first kappa shape index (κ1) is 16.3. The zero-order chi connectivity index (χ0) is 15.5. The lowest BCUT2D eigenvalue weighted by Gasteiger charge is -2.36. The summed E-state index contributed by atoms with van der Waals surface area (Å²) in [6.07, 6.45) is 2.97. The highest BCUT2D eigenvalue weighted by molar-refractivity contribution is 7.90. The van der Waals surface area contributed by atoms with Crippen molar-refractivity contribution in [2.24, 2.45) is 5.73 Å². The lowest BCUT2D eigenvalue weighted by Crippen LogP contribution is -2.49. The average Bonchev–Trinajstić information content (AvgIpc) is 2.48. The van der Waals surface area contributed by atoms with E-state index in [0.29, 0.717) is 25.3 Å². The van der Waals surface area contributed by atoms with Gasteiger partial charge in [0.25, 0.3) is 0 Å². The Labute approximate surface area is 127 Å². The Kier molecular flexibility index (Phi) is 5.24. The molecule has 0 radical (unpaired) electrons. The van der Waals surface area contributed by atoms with E-state index in [1.807, 2.05) is 38.1 Å². The fraction of sp³-hybridized carbons (Fsp3) is 0.600. The van der Waals surface area contributed by atoms with Gasteiger partial charge in [-0.05, 0) is 44.4 Å². The van der Waals surface area contributed by atoms with E-state index in [9.17, 15) is 8.42 Å². The minimum absolute atomic E-state index is 0.0705. The van der Waals surface area contributed by atoms with Gasteiger partial charge in [-0.1, -0.05) is 18.6 Å². The second kappa shape index (κ2) is 6.77. The van der Waals surface area contributed by atoms with Crippen molar-refractivity contribution in [2.75, 3.05) is 17.4 Å². The minimum Gasteiger partial charge on any atom is -0.326 e. The van der Waals surface area contributed by atoms with Crippen LogP contribution in [0.25, 0.3) is 0 Å². The molecule has 1 aromatic rings. The van der Waals surface area contributed by atoms with Crippen molar-refractivity contribution in [1.29, 1.82) is 0 Å². The van der Waals surface area contributed by atoms with Crippen molar-refractivity contribution >= 4 is 15.9 Å². The molecule has 21 heavy (non-hydrogen) atoms. The Morgan fingerprint density at radius 3 is 2.48 bits per heavy atom. The van der Waals surface area contributed by atoms with Gasteiger partial charge in [-0.2, -0.15) is 12.7 Å². The highest BCUT2D eigenvalue weighted by Gasteiger charge is 2.34. The number of benzene rings is 1. The summed E-state index contributed by atoms with van der Waals surface area (Å²) in [5.74, 6) is 0. The number of piperidine rings is 1. The van der Waals surface area contributed by atoms with Crippen molar-refractivity contribution in [3.63, 3.8) is 0 Å². The van der Waals surface area contributed by atoms with Crippen molar-refractivity contribution in [1.82, 2.24) is 4.31 Å². The quantitative estimate of drug-likeness (QED) is 0.905. The summed E-state index contributed by atoms with van der Waals surface area (Å²) in [6.45, 7) is 5.35. The Balaban J connectivity index is 2.29. The molecule has 0 amide bonds. The number of hydrogen-bond acceptors (Lipinski definition) is 3. The fourth-order valence-corrected chi connectivity index (χ4v) is 4.71. The zero-order valence-electron chi connectivity index (χ0n) is 12.8. The lowest BCUT2D eigenvalue weighted by atomic mass is 10.1. The van der Waals surface area contributed by atoms with E-state index in [-0.39, 0.29) is 6.04 Å². The highest BCUT2D eigenvalue weighted by Crippen LogP contribution is 2.26. The van der Waals surface area contributed by atoms with Gasteiger partial charge in [0.15, 0.2) is 0 Å². The van der Waals surface area contributed by atoms with Crippen LogP contribution in [0.2, 0.25) is 0 Å². The Hall–Kier alpha value is -1.11. The maximum Gasteiger partial charge on any atom is 0.304 e. The van der Waals surface area contributed by atoms with E-state index >= 15 is 0 Å². The molecular weight excluding hydrogens is 286 g/mol. The third-order valence-corrected chi connectivity index (χ3v) is 6.23. The second-order valence-electron chi connectivity index (χ2n) is 5.50. The van der Waals surface area contributed by atoms with E-state index in [2.05, 4.69) is 0 Å². The van der Waals surface area contributed by atoms with Crippen LogP contribution in [0.15, 0.2) is 24.3 Å². The van der Waals surface area contributed by atoms with Gasteiger partial charge in [-0.15, -0.1) is 0 Å². The molecule has 1 saturated heterocycles. The van der Waals surface area contributed by atoms with Gasteiger partial charge >= 0.3 is 10.2 Å². The normalized spacial score (nSPS) is 20.4. The molecule has 2 N–H and O–H groups in total. The maximum absolute atomic E-state index is 12.9. The smallest absolute Gasteiger partial charge is 0.304 e. The summed E-state index contributed by atoms with van der Waals surface area (Å²) in [5.41, 5.74) is 7.29. The van der Waals surface area contributed by atoms with Gasteiger partial charge in [0.2, 0.25) is 0 Å². The molecule has 0 saturated carbocycles. The predicted octanol–water partition coefficient (Wildman–Crippen LogP) is 2.09. The van der Waals surface area contributed by atoms with Crippen LogP contribution in [-0.4, -0.2) is 31.9 Å². The number of nitrogens with zero attached hydrogens (tertiary/aromatic N) is 2. The number of anilines is 1. The summed E-state index contributed by atoms with van der Waals surface area (Å²) in [6, 6.07) is 7.50. The van der Waals surface area contributed by atoms with Gasteiger partial charge in [-0.3, -0.25) is 4.31 Å². The van der Waals surface area contributed by atoms with E-state index < -0.39 is 10.2 Å². The van der Waals surface area contributed by atoms with Crippen LogP contribution in [0, 0.1) is 0 Å². The summed E-state index contributed by atoms with van der Waals surface area (Å²) < 4.78 is 28.9. The van der Waals surface area contributed by atoms with Crippen molar-refractivity contribution in [3.8, 4) is 0 Å². The van der Waals surface area contributed by atoms with Gasteiger partial charge < -0.3 is 5.73 Å². The summed E-state index contributed by atoms with van der Waals surface area (Å²) in [4.78, 5) is 0. The van der Waals surface area contributed by atoms with Gasteiger partial charge in [0.1, 0.15) is 0 Å². The molecule has 118 valence electrons. The SMILES string of the molecule is CCN(c1ccc(CN)cc1)S(=O)(=O)N1CCCCC1C. The molecular formula is C15H25N3O2S. The molecule has 0 aliphatic carbocycles. The minimum atomic E-state index is -3.46. The lowest BCUT2D eigenvalue weighted by molar-refractivity contribution is 0.268. The molecule has 1 aliphatic rings. The molecule has 6 heteroatoms. The van der Waals surface area contributed by atoms with Gasteiger partial charge in [0.05, 0.1) is 5.69 Å². The van der Waals surface area contributed by atoms with Gasteiger partial charge in [0, 0.05) is 25.7 Å². The first-order valence-corrected chi connectivity index (χ1v) is 8.99. The van der Waals surface area contributed by atoms with Crippen molar-refractivity contribution in [2.45, 2.75) is 45.7 Å². The van der Waals surface area contributed by atoms with Crippen LogP contribution >= 0.6 is 0 Å². The number of rotatable bonds is 5. The van der Waals surface area contributed by atoms with Crippen LogP contribution in [0.4, 0.5) is 5.69 Å². The number of nitrogens with two attached hydrogens (primary N) is 1. The molecule has 1 fully saturated rings. The Bertz CT molecular complexity index is 557. The highest BCUT2D eigenvalue weighted by atomic mass is 32.2. The molecule has 0 bridgehead atoms. The second-order valence-corrected chi connectivity index (χ2v) is 7.30. The molecule has 5 nitrogen and oxygen atoms in total. The van der Waals surface area contributed by atoms with Crippen LogP contribution in [0.1, 0.15) is 38.7 Å².